The molecule has 1 aromatic heterocycles. The van der Waals surface area contributed by atoms with Crippen molar-refractivity contribution in [2.24, 2.45) is 0 Å². The molecule has 0 unspecified atom stereocenters. The highest BCUT2D eigenvalue weighted by Crippen LogP contribution is 2.29. The Hall–Kier alpha value is -2.96. The van der Waals surface area contributed by atoms with Crippen LogP contribution in [0.15, 0.2) is 18.2 Å². The molecule has 6 heteroatoms. The minimum absolute atomic E-state index is 0.0965. The Morgan fingerprint density at radius 2 is 1.96 bits per heavy atom. The number of ketones is 1. The molecule has 1 atom stereocenters. The summed E-state index contributed by atoms with van der Waals surface area (Å²) in [6.45, 7) is 7.24. The first-order valence-corrected chi connectivity index (χ1v) is 8.55. The van der Waals surface area contributed by atoms with Crippen LogP contribution >= 0.6 is 0 Å². The first-order chi connectivity index (χ1) is 12.3. The second kappa shape index (κ2) is 7.95. The predicted octanol–water partition coefficient (Wildman–Crippen LogP) is 3.53. The van der Waals surface area contributed by atoms with Gasteiger partial charge in [-0.05, 0) is 51.8 Å². The van der Waals surface area contributed by atoms with Crippen molar-refractivity contribution in [1.29, 1.82) is 10.5 Å². The van der Waals surface area contributed by atoms with Gasteiger partial charge in [-0.15, -0.1) is 0 Å². The molecule has 1 N–H and O–H groups in total. The number of benzene rings is 1. The van der Waals surface area contributed by atoms with Crippen molar-refractivity contribution in [3.63, 3.8) is 0 Å². The third-order valence-corrected chi connectivity index (χ3v) is 4.18. The van der Waals surface area contributed by atoms with Gasteiger partial charge >= 0.3 is 0 Å². The molecule has 2 rings (SSSR count). The Bertz CT molecular complexity index is 911. The minimum atomic E-state index is -0.583. The van der Waals surface area contributed by atoms with Gasteiger partial charge < -0.3 is 5.11 Å². The number of aliphatic hydroxyl groups is 1. The van der Waals surface area contributed by atoms with Gasteiger partial charge in [0.2, 0.25) is 0 Å². The molecular weight excluding hydrogens is 328 g/mol. The first-order valence-electron chi connectivity index (χ1n) is 8.55. The zero-order valence-corrected chi connectivity index (χ0v) is 15.4. The van der Waals surface area contributed by atoms with Gasteiger partial charge in [-0.2, -0.15) is 15.6 Å². The largest absolute Gasteiger partial charge is 0.393 e. The van der Waals surface area contributed by atoms with Gasteiger partial charge in [-0.3, -0.25) is 9.48 Å². The molecule has 26 heavy (non-hydrogen) atoms. The number of hydrogen-bond donors (Lipinski definition) is 1. The van der Waals surface area contributed by atoms with Crippen LogP contribution in [0.4, 0.5) is 0 Å². The maximum absolute atomic E-state index is 12.7. The van der Waals surface area contributed by atoms with Crippen molar-refractivity contribution < 1.29 is 9.90 Å². The maximum Gasteiger partial charge on any atom is 0.182 e. The molecule has 0 aliphatic carbocycles. The number of nitrogens with zero attached hydrogens (tertiary/aromatic N) is 4. The number of aryl methyl sites for hydroxylation is 1. The highest BCUT2D eigenvalue weighted by molar-refractivity contribution is 5.98. The Morgan fingerprint density at radius 3 is 2.46 bits per heavy atom. The summed E-state index contributed by atoms with van der Waals surface area (Å²) in [6, 6.07) is 9.37. The lowest BCUT2D eigenvalue weighted by Crippen LogP contribution is -2.15. The van der Waals surface area contributed by atoms with Crippen molar-refractivity contribution in [3.8, 4) is 23.4 Å². The maximum atomic E-state index is 12.7. The molecule has 1 aromatic carbocycles. The van der Waals surface area contributed by atoms with Crippen LogP contribution in [0.1, 0.15) is 66.8 Å². The predicted molar refractivity (Wildman–Crippen MR) is 97.5 cm³/mol. The van der Waals surface area contributed by atoms with Gasteiger partial charge in [0.1, 0.15) is 23.0 Å². The number of hydrogen-bond acceptors (Lipinski definition) is 5. The van der Waals surface area contributed by atoms with Crippen LogP contribution in [0.5, 0.6) is 0 Å². The molecule has 0 bridgehead atoms. The van der Waals surface area contributed by atoms with Crippen LogP contribution < -0.4 is 0 Å². The van der Waals surface area contributed by atoms with E-state index in [0.29, 0.717) is 23.2 Å². The Labute approximate surface area is 153 Å². The molecule has 0 saturated carbocycles. The molecule has 1 heterocycles. The fraction of sp³-hybridized carbons (Fsp3) is 0.400. The minimum Gasteiger partial charge on any atom is -0.393 e. The number of carbonyl (C=O) groups is 1. The lowest BCUT2D eigenvalue weighted by atomic mass is 9.99. The van der Waals surface area contributed by atoms with Gasteiger partial charge in [-0.1, -0.05) is 6.07 Å². The summed E-state index contributed by atoms with van der Waals surface area (Å²) in [5, 5.41) is 32.8. The molecular formula is C20H22N4O2. The molecule has 0 aliphatic rings. The van der Waals surface area contributed by atoms with E-state index in [-0.39, 0.29) is 29.5 Å². The van der Waals surface area contributed by atoms with Gasteiger partial charge in [0.05, 0.1) is 17.7 Å². The van der Waals surface area contributed by atoms with E-state index >= 15 is 0 Å². The third-order valence-electron chi connectivity index (χ3n) is 4.18. The number of aliphatic hydroxyl groups excluding tert-OH is 1. The van der Waals surface area contributed by atoms with Crippen molar-refractivity contribution in [2.75, 3.05) is 0 Å². The van der Waals surface area contributed by atoms with Crippen molar-refractivity contribution in [2.45, 2.75) is 52.7 Å². The molecule has 134 valence electrons. The van der Waals surface area contributed by atoms with Crippen LogP contribution in [-0.4, -0.2) is 26.8 Å². The van der Waals surface area contributed by atoms with Crippen LogP contribution in [0.3, 0.4) is 0 Å². The number of nitriles is 2. The van der Waals surface area contributed by atoms with Gasteiger partial charge in [0, 0.05) is 18.0 Å². The van der Waals surface area contributed by atoms with Gasteiger partial charge in [-0.25, -0.2) is 0 Å². The van der Waals surface area contributed by atoms with E-state index in [2.05, 4.69) is 17.2 Å². The summed E-state index contributed by atoms with van der Waals surface area (Å²) in [5.74, 6) is -0.208. The SMILES string of the molecule is Cc1cc(-c2nn(C(C)C)c(C(=O)CC[C@H](C)O)c2C#N)ccc1C#N. The zero-order chi connectivity index (χ0) is 19.4. The molecule has 2 aromatic rings. The molecule has 0 aliphatic heterocycles. The van der Waals surface area contributed by atoms with Crippen molar-refractivity contribution in [1.82, 2.24) is 9.78 Å². The van der Waals surface area contributed by atoms with Crippen molar-refractivity contribution in [3.05, 3.63) is 40.6 Å². The second-order valence-corrected chi connectivity index (χ2v) is 6.67. The lowest BCUT2D eigenvalue weighted by molar-refractivity contribution is 0.0937. The van der Waals surface area contributed by atoms with E-state index in [1.54, 1.807) is 29.8 Å². The zero-order valence-electron chi connectivity index (χ0n) is 15.4. The molecule has 0 radical (unpaired) electrons. The van der Waals surface area contributed by atoms with Crippen molar-refractivity contribution >= 4 is 5.78 Å². The van der Waals surface area contributed by atoms with Crippen LogP contribution in [0, 0.1) is 29.6 Å². The topological polar surface area (TPSA) is 103 Å². The van der Waals surface area contributed by atoms with E-state index in [1.165, 1.54) is 0 Å². The fourth-order valence-corrected chi connectivity index (χ4v) is 2.78. The van der Waals surface area contributed by atoms with E-state index in [4.69, 9.17) is 5.26 Å². The Kier molecular flexibility index (Phi) is 5.92. The summed E-state index contributed by atoms with van der Waals surface area (Å²) in [6.07, 6.45) is -0.102. The van der Waals surface area contributed by atoms with Gasteiger partial charge in [0.15, 0.2) is 5.78 Å². The third kappa shape index (κ3) is 3.82. The number of rotatable bonds is 6. The summed E-state index contributed by atoms with van der Waals surface area (Å²) < 4.78 is 1.58. The summed E-state index contributed by atoms with van der Waals surface area (Å²) in [4.78, 5) is 12.7. The standard InChI is InChI=1S/C20H22N4O2/c1-12(2)24-20(18(26)8-5-14(4)25)17(11-22)19(23-24)15-6-7-16(10-21)13(3)9-15/h6-7,9,12,14,25H,5,8H2,1-4H3/t14-/m0/s1. The van der Waals surface area contributed by atoms with Crippen LogP contribution in [0.2, 0.25) is 0 Å². The normalized spacial score (nSPS) is 11.8. The van der Waals surface area contributed by atoms with Crippen LogP contribution in [0.25, 0.3) is 11.3 Å². The summed E-state index contributed by atoms with van der Waals surface area (Å²) >= 11 is 0. The van der Waals surface area contributed by atoms with E-state index in [1.807, 2.05) is 20.8 Å². The van der Waals surface area contributed by atoms with E-state index < -0.39 is 6.10 Å². The Balaban J connectivity index is 2.61. The molecule has 0 fully saturated rings. The summed E-state index contributed by atoms with van der Waals surface area (Å²) in [5.41, 5.74) is 2.99. The first kappa shape index (κ1) is 19.4. The number of aromatic nitrogens is 2. The van der Waals surface area contributed by atoms with Gasteiger partial charge in [0.25, 0.3) is 0 Å². The smallest absolute Gasteiger partial charge is 0.182 e. The average molecular weight is 350 g/mol. The lowest BCUT2D eigenvalue weighted by Gasteiger charge is -2.10. The Morgan fingerprint density at radius 1 is 1.27 bits per heavy atom. The molecule has 0 spiro atoms. The van der Waals surface area contributed by atoms with E-state index in [0.717, 1.165) is 5.56 Å². The van der Waals surface area contributed by atoms with Crippen LogP contribution in [-0.2, 0) is 0 Å². The summed E-state index contributed by atoms with van der Waals surface area (Å²) in [7, 11) is 0. The number of Topliss-reactive ketones (excluding diaryl/α,β-unsaturated/α-hetero) is 1. The number of carbonyl (C=O) groups excluding carboxylic acids is 1. The monoisotopic (exact) mass is 350 g/mol. The molecule has 0 saturated heterocycles. The average Bonchev–Trinajstić information content (AvgIpc) is 2.99. The molecule has 6 nitrogen and oxygen atoms in total. The highest BCUT2D eigenvalue weighted by atomic mass is 16.3. The second-order valence-electron chi connectivity index (χ2n) is 6.67. The van der Waals surface area contributed by atoms with E-state index in [9.17, 15) is 15.2 Å². The quantitative estimate of drug-likeness (QED) is 0.803. The highest BCUT2D eigenvalue weighted by Gasteiger charge is 2.25. The molecule has 0 amide bonds. The fourth-order valence-electron chi connectivity index (χ4n) is 2.78.